The number of halogens is 1. The topological polar surface area (TPSA) is 50.4 Å². The van der Waals surface area contributed by atoms with Gasteiger partial charge in [0.2, 0.25) is 0 Å². The summed E-state index contributed by atoms with van der Waals surface area (Å²) in [6.07, 6.45) is 5.19. The second-order valence-electron chi connectivity index (χ2n) is 4.34. The minimum Gasteiger partial charge on any atom is -0.390 e. The SMILES string of the molecule is Cc1cc(Cl)cn2c(CO)c(-c3ccncc3)nc12. The summed E-state index contributed by atoms with van der Waals surface area (Å²) in [7, 11) is 0. The Morgan fingerprint density at radius 1 is 1.32 bits per heavy atom. The van der Waals surface area contributed by atoms with Crippen LogP contribution >= 0.6 is 11.6 Å². The number of aromatic nitrogens is 3. The van der Waals surface area contributed by atoms with Gasteiger partial charge in [0, 0.05) is 24.2 Å². The first-order chi connectivity index (χ1) is 9.20. The smallest absolute Gasteiger partial charge is 0.140 e. The van der Waals surface area contributed by atoms with Gasteiger partial charge in [0.1, 0.15) is 5.65 Å². The number of hydrogen-bond donors (Lipinski definition) is 1. The Labute approximate surface area is 115 Å². The second kappa shape index (κ2) is 4.64. The number of fused-ring (bicyclic) bond motifs is 1. The van der Waals surface area contributed by atoms with Gasteiger partial charge in [0.15, 0.2) is 0 Å². The number of imidazole rings is 1. The number of hydrogen-bond acceptors (Lipinski definition) is 3. The summed E-state index contributed by atoms with van der Waals surface area (Å²) < 4.78 is 1.84. The lowest BCUT2D eigenvalue weighted by molar-refractivity contribution is 0.276. The summed E-state index contributed by atoms with van der Waals surface area (Å²) in [4.78, 5) is 8.60. The molecule has 0 bridgehead atoms. The first-order valence-corrected chi connectivity index (χ1v) is 6.27. The molecule has 1 N–H and O–H groups in total. The van der Waals surface area contributed by atoms with Gasteiger partial charge in [-0.25, -0.2) is 4.98 Å². The summed E-state index contributed by atoms with van der Waals surface area (Å²) >= 11 is 6.07. The van der Waals surface area contributed by atoms with Crippen LogP contribution in [0.15, 0.2) is 36.8 Å². The van der Waals surface area contributed by atoms with Crippen molar-refractivity contribution in [3.63, 3.8) is 0 Å². The van der Waals surface area contributed by atoms with Crippen molar-refractivity contribution in [2.24, 2.45) is 0 Å². The zero-order valence-corrected chi connectivity index (χ0v) is 11.1. The number of aryl methyl sites for hydroxylation is 1. The molecule has 0 spiro atoms. The van der Waals surface area contributed by atoms with E-state index in [-0.39, 0.29) is 6.61 Å². The Kier molecular flexibility index (Phi) is 2.97. The fourth-order valence-electron chi connectivity index (χ4n) is 2.21. The Hall–Kier alpha value is -1.91. The average Bonchev–Trinajstić information content (AvgIpc) is 2.78. The van der Waals surface area contributed by atoms with E-state index in [1.165, 1.54) is 0 Å². The molecule has 0 saturated heterocycles. The van der Waals surface area contributed by atoms with E-state index in [9.17, 15) is 5.11 Å². The molecule has 3 aromatic rings. The van der Waals surface area contributed by atoms with E-state index in [4.69, 9.17) is 11.6 Å². The van der Waals surface area contributed by atoms with Crippen molar-refractivity contribution in [3.8, 4) is 11.3 Å². The van der Waals surface area contributed by atoms with Gasteiger partial charge in [-0.1, -0.05) is 11.6 Å². The summed E-state index contributed by atoms with van der Waals surface area (Å²) in [6, 6.07) is 5.61. The number of nitrogens with zero attached hydrogens (tertiary/aromatic N) is 3. The van der Waals surface area contributed by atoms with Crippen LogP contribution in [0.4, 0.5) is 0 Å². The van der Waals surface area contributed by atoms with Crippen LogP contribution in [-0.4, -0.2) is 19.5 Å². The zero-order chi connectivity index (χ0) is 13.4. The molecule has 4 nitrogen and oxygen atoms in total. The van der Waals surface area contributed by atoms with Crippen LogP contribution in [0.1, 0.15) is 11.3 Å². The molecule has 0 aliphatic carbocycles. The van der Waals surface area contributed by atoms with Crippen molar-refractivity contribution in [3.05, 3.63) is 53.1 Å². The third-order valence-corrected chi connectivity index (χ3v) is 3.28. The highest BCUT2D eigenvalue weighted by Gasteiger charge is 2.14. The van der Waals surface area contributed by atoms with E-state index >= 15 is 0 Å². The summed E-state index contributed by atoms with van der Waals surface area (Å²) in [6.45, 7) is 1.85. The first-order valence-electron chi connectivity index (χ1n) is 5.89. The highest BCUT2D eigenvalue weighted by molar-refractivity contribution is 6.30. The summed E-state index contributed by atoms with van der Waals surface area (Å²) in [5.74, 6) is 0. The fraction of sp³-hybridized carbons (Fsp3) is 0.143. The Morgan fingerprint density at radius 2 is 2.05 bits per heavy atom. The van der Waals surface area contributed by atoms with Gasteiger partial charge in [0.05, 0.1) is 23.0 Å². The van der Waals surface area contributed by atoms with Gasteiger partial charge in [-0.2, -0.15) is 0 Å². The molecule has 19 heavy (non-hydrogen) atoms. The molecule has 0 saturated carbocycles. The van der Waals surface area contributed by atoms with E-state index in [1.54, 1.807) is 18.6 Å². The van der Waals surface area contributed by atoms with Crippen molar-refractivity contribution < 1.29 is 5.11 Å². The van der Waals surface area contributed by atoms with Gasteiger partial charge in [-0.05, 0) is 30.7 Å². The molecule has 3 aromatic heterocycles. The molecule has 0 aromatic carbocycles. The number of rotatable bonds is 2. The molecule has 5 heteroatoms. The van der Waals surface area contributed by atoms with Crippen LogP contribution < -0.4 is 0 Å². The minimum absolute atomic E-state index is 0.0986. The van der Waals surface area contributed by atoms with Crippen molar-refractivity contribution in [2.45, 2.75) is 13.5 Å². The predicted molar refractivity (Wildman–Crippen MR) is 74.1 cm³/mol. The molecule has 3 heterocycles. The second-order valence-corrected chi connectivity index (χ2v) is 4.77. The lowest BCUT2D eigenvalue weighted by Crippen LogP contribution is -1.95. The molecule has 0 unspecified atom stereocenters. The van der Waals surface area contributed by atoms with Gasteiger partial charge in [-0.3, -0.25) is 9.38 Å². The average molecular weight is 274 g/mol. The molecular formula is C14H12ClN3O. The van der Waals surface area contributed by atoms with Gasteiger partial charge >= 0.3 is 0 Å². The number of aliphatic hydroxyl groups is 1. The fourth-order valence-corrected chi connectivity index (χ4v) is 2.47. The molecule has 0 fully saturated rings. The first kappa shape index (κ1) is 12.1. The maximum Gasteiger partial charge on any atom is 0.140 e. The summed E-state index contributed by atoms with van der Waals surface area (Å²) in [5, 5.41) is 10.3. The van der Waals surface area contributed by atoms with Gasteiger partial charge in [-0.15, -0.1) is 0 Å². The number of aliphatic hydroxyl groups excluding tert-OH is 1. The van der Waals surface area contributed by atoms with E-state index < -0.39 is 0 Å². The molecular weight excluding hydrogens is 262 g/mol. The lowest BCUT2D eigenvalue weighted by Gasteiger charge is -2.03. The minimum atomic E-state index is -0.0986. The monoisotopic (exact) mass is 273 g/mol. The van der Waals surface area contributed by atoms with Crippen molar-refractivity contribution in [1.29, 1.82) is 0 Å². The van der Waals surface area contributed by atoms with Crippen LogP contribution in [0.2, 0.25) is 5.02 Å². The van der Waals surface area contributed by atoms with E-state index in [2.05, 4.69) is 9.97 Å². The molecule has 96 valence electrons. The predicted octanol–water partition coefficient (Wildman–Crippen LogP) is 2.85. The Balaban J connectivity index is 2.35. The Bertz CT molecular complexity index is 737. The quantitative estimate of drug-likeness (QED) is 0.781. The van der Waals surface area contributed by atoms with Crippen molar-refractivity contribution in [2.75, 3.05) is 0 Å². The maximum atomic E-state index is 9.63. The summed E-state index contributed by atoms with van der Waals surface area (Å²) in [5.41, 5.74) is 4.20. The molecule has 0 aliphatic heterocycles. The van der Waals surface area contributed by atoms with Gasteiger partial charge < -0.3 is 5.11 Å². The highest BCUT2D eigenvalue weighted by atomic mass is 35.5. The molecule has 0 radical (unpaired) electrons. The largest absolute Gasteiger partial charge is 0.390 e. The molecule has 0 atom stereocenters. The lowest BCUT2D eigenvalue weighted by atomic mass is 10.1. The Morgan fingerprint density at radius 3 is 2.74 bits per heavy atom. The molecule has 3 rings (SSSR count). The van der Waals surface area contributed by atoms with E-state index in [0.29, 0.717) is 5.02 Å². The van der Waals surface area contributed by atoms with E-state index in [0.717, 1.165) is 28.2 Å². The van der Waals surface area contributed by atoms with Crippen LogP contribution in [0, 0.1) is 6.92 Å². The third-order valence-electron chi connectivity index (χ3n) is 3.07. The van der Waals surface area contributed by atoms with E-state index in [1.807, 2.05) is 29.5 Å². The maximum absolute atomic E-state index is 9.63. The van der Waals surface area contributed by atoms with Crippen LogP contribution in [0.3, 0.4) is 0 Å². The number of pyridine rings is 2. The third kappa shape index (κ3) is 1.99. The standard InChI is InChI=1S/C14H12ClN3O/c1-9-6-11(15)7-18-12(8-19)13(17-14(9)18)10-2-4-16-5-3-10/h2-7,19H,8H2,1H3. The van der Waals surface area contributed by atoms with Crippen LogP contribution in [-0.2, 0) is 6.61 Å². The van der Waals surface area contributed by atoms with Crippen molar-refractivity contribution >= 4 is 17.2 Å². The highest BCUT2D eigenvalue weighted by Crippen LogP contribution is 2.27. The normalized spacial score (nSPS) is 11.1. The zero-order valence-electron chi connectivity index (χ0n) is 10.3. The van der Waals surface area contributed by atoms with Crippen LogP contribution in [0.5, 0.6) is 0 Å². The molecule has 0 amide bonds. The molecule has 0 aliphatic rings. The van der Waals surface area contributed by atoms with Crippen LogP contribution in [0.25, 0.3) is 16.9 Å². The van der Waals surface area contributed by atoms with Gasteiger partial charge in [0.25, 0.3) is 0 Å². The van der Waals surface area contributed by atoms with Crippen molar-refractivity contribution in [1.82, 2.24) is 14.4 Å².